The standard InChI is InChI=1S/C7H6BrN3O/c1-12-7-3-9-2-6-10-5(8)4-11(6)7/h2-4H,1H3. The van der Waals surface area contributed by atoms with Gasteiger partial charge in [0, 0.05) is 6.20 Å². The number of rotatable bonds is 1. The predicted molar refractivity (Wildman–Crippen MR) is 47.2 cm³/mol. The van der Waals surface area contributed by atoms with E-state index in [-0.39, 0.29) is 0 Å². The fourth-order valence-electron chi connectivity index (χ4n) is 1.01. The number of imidazole rings is 1. The Balaban J connectivity index is 2.78. The van der Waals surface area contributed by atoms with E-state index < -0.39 is 0 Å². The third-order valence-electron chi connectivity index (χ3n) is 1.53. The Hall–Kier alpha value is -1.10. The molecule has 0 aromatic carbocycles. The molecule has 62 valence electrons. The average Bonchev–Trinajstić information content (AvgIpc) is 2.44. The second kappa shape index (κ2) is 2.75. The van der Waals surface area contributed by atoms with Crippen LogP contribution in [-0.4, -0.2) is 21.5 Å². The minimum Gasteiger partial charge on any atom is -0.481 e. The number of hydrogen-bond donors (Lipinski definition) is 0. The monoisotopic (exact) mass is 227 g/mol. The normalized spacial score (nSPS) is 10.5. The summed E-state index contributed by atoms with van der Waals surface area (Å²) >= 11 is 3.27. The number of aromatic nitrogens is 3. The molecule has 0 amide bonds. The molecule has 0 spiro atoms. The van der Waals surface area contributed by atoms with Gasteiger partial charge in [-0.25, -0.2) is 4.98 Å². The predicted octanol–water partition coefficient (Wildman–Crippen LogP) is 1.50. The van der Waals surface area contributed by atoms with Gasteiger partial charge in [-0.1, -0.05) is 0 Å². The molecule has 5 heteroatoms. The molecule has 0 aliphatic heterocycles. The molecule has 0 bridgehead atoms. The highest BCUT2D eigenvalue weighted by Crippen LogP contribution is 2.15. The second-order valence-electron chi connectivity index (χ2n) is 2.24. The largest absolute Gasteiger partial charge is 0.481 e. The highest BCUT2D eigenvalue weighted by atomic mass is 79.9. The van der Waals surface area contributed by atoms with Crippen molar-refractivity contribution in [2.24, 2.45) is 0 Å². The zero-order chi connectivity index (χ0) is 8.55. The third-order valence-corrected chi connectivity index (χ3v) is 1.91. The lowest BCUT2D eigenvalue weighted by Crippen LogP contribution is -1.93. The van der Waals surface area contributed by atoms with E-state index in [9.17, 15) is 0 Å². The van der Waals surface area contributed by atoms with Crippen LogP contribution in [0.3, 0.4) is 0 Å². The van der Waals surface area contributed by atoms with Crippen molar-refractivity contribution in [2.45, 2.75) is 0 Å². The Morgan fingerprint density at radius 1 is 1.50 bits per heavy atom. The first kappa shape index (κ1) is 7.54. The first-order valence-electron chi connectivity index (χ1n) is 3.34. The summed E-state index contributed by atoms with van der Waals surface area (Å²) in [5.74, 6) is 0.672. The summed E-state index contributed by atoms with van der Waals surface area (Å²) in [4.78, 5) is 8.13. The maximum absolute atomic E-state index is 5.08. The number of halogens is 1. The van der Waals surface area contributed by atoms with Gasteiger partial charge in [-0.05, 0) is 15.9 Å². The molecule has 0 atom stereocenters. The zero-order valence-electron chi connectivity index (χ0n) is 6.36. The van der Waals surface area contributed by atoms with Crippen LogP contribution in [0.5, 0.6) is 5.88 Å². The summed E-state index contributed by atoms with van der Waals surface area (Å²) in [6.45, 7) is 0. The topological polar surface area (TPSA) is 39.4 Å². The van der Waals surface area contributed by atoms with Gasteiger partial charge >= 0.3 is 0 Å². The molecule has 0 radical (unpaired) electrons. The van der Waals surface area contributed by atoms with Gasteiger partial charge in [0.15, 0.2) is 5.65 Å². The molecule has 4 nitrogen and oxygen atoms in total. The van der Waals surface area contributed by atoms with E-state index in [0.29, 0.717) is 5.88 Å². The van der Waals surface area contributed by atoms with Crippen LogP contribution in [0.15, 0.2) is 23.2 Å². The summed E-state index contributed by atoms with van der Waals surface area (Å²) in [5, 5.41) is 0. The molecule has 2 aromatic heterocycles. The molecular weight excluding hydrogens is 222 g/mol. The minimum absolute atomic E-state index is 0.672. The molecule has 2 rings (SSSR count). The smallest absolute Gasteiger partial charge is 0.218 e. The van der Waals surface area contributed by atoms with Crippen molar-refractivity contribution in [1.29, 1.82) is 0 Å². The van der Waals surface area contributed by atoms with Crippen molar-refractivity contribution in [3.8, 4) is 5.88 Å². The van der Waals surface area contributed by atoms with E-state index in [1.807, 2.05) is 10.6 Å². The Morgan fingerprint density at radius 2 is 2.33 bits per heavy atom. The van der Waals surface area contributed by atoms with Gasteiger partial charge in [-0.15, -0.1) is 0 Å². The quantitative estimate of drug-likeness (QED) is 0.742. The number of nitrogens with zero attached hydrogens (tertiary/aromatic N) is 3. The van der Waals surface area contributed by atoms with Crippen molar-refractivity contribution in [1.82, 2.24) is 14.4 Å². The van der Waals surface area contributed by atoms with E-state index in [2.05, 4.69) is 25.9 Å². The van der Waals surface area contributed by atoms with Crippen LogP contribution in [0.2, 0.25) is 0 Å². The van der Waals surface area contributed by atoms with Gasteiger partial charge in [-0.3, -0.25) is 9.38 Å². The van der Waals surface area contributed by atoms with Gasteiger partial charge in [0.2, 0.25) is 5.88 Å². The molecule has 0 unspecified atom stereocenters. The summed E-state index contributed by atoms with van der Waals surface area (Å²) in [7, 11) is 1.60. The molecule has 2 aromatic rings. The number of ether oxygens (including phenoxy) is 1. The Morgan fingerprint density at radius 3 is 3.08 bits per heavy atom. The summed E-state index contributed by atoms with van der Waals surface area (Å²) < 4.78 is 7.67. The average molecular weight is 228 g/mol. The van der Waals surface area contributed by atoms with Crippen LogP contribution < -0.4 is 4.74 Å². The molecule has 0 saturated heterocycles. The summed E-state index contributed by atoms with van der Waals surface area (Å²) in [5.41, 5.74) is 0.765. The first-order chi connectivity index (χ1) is 5.81. The molecular formula is C7H6BrN3O. The number of fused-ring (bicyclic) bond motifs is 1. The van der Waals surface area contributed by atoms with E-state index in [1.54, 1.807) is 19.5 Å². The molecule has 2 heterocycles. The van der Waals surface area contributed by atoms with Crippen LogP contribution in [0.1, 0.15) is 0 Å². The van der Waals surface area contributed by atoms with Crippen LogP contribution in [0.4, 0.5) is 0 Å². The van der Waals surface area contributed by atoms with Gasteiger partial charge in [-0.2, -0.15) is 0 Å². The van der Waals surface area contributed by atoms with Crippen LogP contribution in [0, 0.1) is 0 Å². The Labute approximate surface area is 77.3 Å². The molecule has 0 saturated carbocycles. The highest BCUT2D eigenvalue weighted by molar-refractivity contribution is 9.10. The summed E-state index contributed by atoms with van der Waals surface area (Å²) in [6.07, 6.45) is 5.14. The molecule has 0 aliphatic rings. The Kier molecular flexibility index (Phi) is 1.73. The zero-order valence-corrected chi connectivity index (χ0v) is 7.95. The van der Waals surface area contributed by atoms with Gasteiger partial charge in [0.1, 0.15) is 4.60 Å². The van der Waals surface area contributed by atoms with Gasteiger partial charge in [0.25, 0.3) is 0 Å². The van der Waals surface area contributed by atoms with Crippen LogP contribution in [-0.2, 0) is 0 Å². The second-order valence-corrected chi connectivity index (χ2v) is 3.05. The molecule has 0 fully saturated rings. The van der Waals surface area contributed by atoms with Gasteiger partial charge < -0.3 is 4.74 Å². The maximum atomic E-state index is 5.08. The molecule has 0 N–H and O–H groups in total. The number of hydrogen-bond acceptors (Lipinski definition) is 3. The fraction of sp³-hybridized carbons (Fsp3) is 0.143. The third kappa shape index (κ3) is 1.06. The minimum atomic E-state index is 0.672. The van der Waals surface area contributed by atoms with Crippen LogP contribution >= 0.6 is 15.9 Å². The molecule has 0 aliphatic carbocycles. The van der Waals surface area contributed by atoms with E-state index in [0.717, 1.165) is 10.3 Å². The van der Waals surface area contributed by atoms with Crippen LogP contribution in [0.25, 0.3) is 5.65 Å². The van der Waals surface area contributed by atoms with Crippen molar-refractivity contribution in [2.75, 3.05) is 7.11 Å². The lowest BCUT2D eigenvalue weighted by Gasteiger charge is -2.00. The maximum Gasteiger partial charge on any atom is 0.218 e. The van der Waals surface area contributed by atoms with Crippen molar-refractivity contribution in [3.63, 3.8) is 0 Å². The fourth-order valence-corrected chi connectivity index (χ4v) is 1.40. The van der Waals surface area contributed by atoms with E-state index in [1.165, 1.54) is 0 Å². The highest BCUT2D eigenvalue weighted by Gasteiger charge is 2.02. The van der Waals surface area contributed by atoms with Crippen molar-refractivity contribution < 1.29 is 4.74 Å². The number of methoxy groups -OCH3 is 1. The summed E-state index contributed by atoms with van der Waals surface area (Å²) in [6, 6.07) is 0. The molecule has 12 heavy (non-hydrogen) atoms. The lowest BCUT2D eigenvalue weighted by atomic mass is 10.6. The van der Waals surface area contributed by atoms with Crippen molar-refractivity contribution in [3.05, 3.63) is 23.2 Å². The van der Waals surface area contributed by atoms with Gasteiger partial charge in [0.05, 0.1) is 19.5 Å². The lowest BCUT2D eigenvalue weighted by molar-refractivity contribution is 0.390. The van der Waals surface area contributed by atoms with E-state index in [4.69, 9.17) is 4.74 Å². The SMILES string of the molecule is COc1cncc2nc(Br)cn12. The van der Waals surface area contributed by atoms with E-state index >= 15 is 0 Å². The van der Waals surface area contributed by atoms with Crippen molar-refractivity contribution >= 4 is 21.6 Å². The first-order valence-corrected chi connectivity index (χ1v) is 4.13. The Bertz CT molecular complexity index is 412.